The third-order valence-corrected chi connectivity index (χ3v) is 12.5. The number of ether oxygens (including phenoxy) is 2. The lowest BCUT2D eigenvalue weighted by molar-refractivity contribution is 0.233. The van der Waals surface area contributed by atoms with E-state index in [0.29, 0.717) is 42.3 Å². The molecule has 0 saturated carbocycles. The number of anilines is 1. The number of nitrogens with one attached hydrogen (secondary N) is 2. The summed E-state index contributed by atoms with van der Waals surface area (Å²) in [7, 11) is -0.242. The standard InChI is InChI=1S/C32H40N8O5Si/c1-21-35-28(39-45-21)22-10-12-24(13-11-22)36-27(29-37-31(41)40(38-29)30-33-14-8-15-34-30)23-18-25(42-5)20-26(19-23)43-16-9-17-44-46(6,7)32(2,3)4/h8,10-15,18-20,27,36H,9,16-17H2,1-7H3,(H,37,38,41). The molecule has 0 aliphatic rings. The molecule has 1 unspecified atom stereocenters. The van der Waals surface area contributed by atoms with Gasteiger partial charge in [-0.1, -0.05) is 25.9 Å². The highest BCUT2D eigenvalue weighted by atomic mass is 28.4. The molecule has 5 aromatic rings. The lowest BCUT2D eigenvalue weighted by Crippen LogP contribution is -2.41. The fourth-order valence-corrected chi connectivity index (χ4v) is 5.46. The summed E-state index contributed by atoms with van der Waals surface area (Å²) in [5.41, 5.74) is 1.83. The van der Waals surface area contributed by atoms with Crippen LogP contribution in [-0.4, -0.2) is 63.5 Å². The largest absolute Gasteiger partial charge is 0.497 e. The summed E-state index contributed by atoms with van der Waals surface area (Å²) < 4.78 is 24.4. The normalized spacial score (nSPS) is 12.6. The van der Waals surface area contributed by atoms with Crippen LogP contribution in [0.2, 0.25) is 18.1 Å². The lowest BCUT2D eigenvalue weighted by atomic mass is 10.0. The summed E-state index contributed by atoms with van der Waals surface area (Å²) in [6.07, 6.45) is 3.84. The zero-order chi connectivity index (χ0) is 32.9. The second-order valence-corrected chi connectivity index (χ2v) is 17.1. The van der Waals surface area contributed by atoms with Crippen LogP contribution in [0, 0.1) is 6.92 Å². The molecule has 0 amide bonds. The van der Waals surface area contributed by atoms with Gasteiger partial charge >= 0.3 is 5.69 Å². The molecule has 0 spiro atoms. The Bertz CT molecular complexity index is 1800. The molecule has 0 fully saturated rings. The van der Waals surface area contributed by atoms with Crippen molar-refractivity contribution in [1.29, 1.82) is 0 Å². The Hall–Kier alpha value is -4.82. The number of nitrogens with zero attached hydrogens (tertiary/aromatic N) is 6. The molecule has 3 aromatic heterocycles. The van der Waals surface area contributed by atoms with Crippen LogP contribution < -0.4 is 20.5 Å². The Balaban J connectivity index is 1.42. The molecule has 0 aliphatic carbocycles. The Morgan fingerprint density at radius 1 is 1.04 bits per heavy atom. The van der Waals surface area contributed by atoms with Crippen LogP contribution in [0.1, 0.15) is 50.5 Å². The molecule has 5 rings (SSSR count). The summed E-state index contributed by atoms with van der Waals surface area (Å²) in [6.45, 7) is 14.0. The summed E-state index contributed by atoms with van der Waals surface area (Å²) in [4.78, 5) is 28.5. The molecular weight excluding hydrogens is 604 g/mol. The second kappa shape index (κ2) is 13.7. The smallest absolute Gasteiger partial charge is 0.350 e. The monoisotopic (exact) mass is 644 g/mol. The van der Waals surface area contributed by atoms with E-state index in [1.54, 1.807) is 32.5 Å². The first-order chi connectivity index (χ1) is 21.9. The SMILES string of the molecule is COc1cc(OCCCO[Si](C)(C)C(C)(C)C)cc(C(Nc2ccc(-c3noc(C)n3)cc2)c2nn(-c3ncccn3)c(=O)[nH]2)c1. The van der Waals surface area contributed by atoms with E-state index in [0.717, 1.165) is 27.9 Å². The number of rotatable bonds is 13. The van der Waals surface area contributed by atoms with Gasteiger partial charge in [-0.25, -0.2) is 14.8 Å². The van der Waals surface area contributed by atoms with Gasteiger partial charge in [0.25, 0.3) is 5.95 Å². The zero-order valence-corrected chi connectivity index (χ0v) is 28.2. The Morgan fingerprint density at radius 3 is 2.41 bits per heavy atom. The van der Waals surface area contributed by atoms with E-state index in [9.17, 15) is 4.79 Å². The zero-order valence-electron chi connectivity index (χ0n) is 27.2. The number of hydrogen-bond acceptors (Lipinski definition) is 11. The molecule has 13 nitrogen and oxygen atoms in total. The average molecular weight is 645 g/mol. The summed E-state index contributed by atoms with van der Waals surface area (Å²) in [6, 6.07) is 14.2. The Kier molecular flexibility index (Phi) is 9.67. The van der Waals surface area contributed by atoms with Gasteiger partial charge < -0.3 is 23.7 Å². The van der Waals surface area contributed by atoms with Gasteiger partial charge in [-0.15, -0.1) is 9.78 Å². The van der Waals surface area contributed by atoms with E-state index in [4.69, 9.17) is 18.4 Å². The van der Waals surface area contributed by atoms with Crippen molar-refractivity contribution in [2.45, 2.75) is 58.3 Å². The lowest BCUT2D eigenvalue weighted by Gasteiger charge is -2.36. The van der Waals surface area contributed by atoms with E-state index in [1.807, 2.05) is 42.5 Å². The molecule has 46 heavy (non-hydrogen) atoms. The van der Waals surface area contributed by atoms with Crippen LogP contribution in [0.4, 0.5) is 5.69 Å². The van der Waals surface area contributed by atoms with E-state index in [1.165, 1.54) is 0 Å². The summed E-state index contributed by atoms with van der Waals surface area (Å²) in [5, 5.41) is 12.2. The Morgan fingerprint density at radius 2 is 1.76 bits per heavy atom. The number of hydrogen-bond donors (Lipinski definition) is 2. The third kappa shape index (κ3) is 7.69. The van der Waals surface area contributed by atoms with Gasteiger partial charge in [0.2, 0.25) is 11.7 Å². The van der Waals surface area contributed by atoms with E-state index in [-0.39, 0.29) is 11.0 Å². The van der Waals surface area contributed by atoms with Crippen LogP contribution in [0.5, 0.6) is 11.5 Å². The van der Waals surface area contributed by atoms with Crippen molar-refractivity contribution in [2.75, 3.05) is 25.6 Å². The molecule has 3 heterocycles. The third-order valence-electron chi connectivity index (χ3n) is 7.93. The van der Waals surface area contributed by atoms with E-state index >= 15 is 0 Å². The van der Waals surface area contributed by atoms with Crippen LogP contribution in [0.15, 0.2) is 70.2 Å². The van der Waals surface area contributed by atoms with Gasteiger partial charge in [-0.3, -0.25) is 4.98 Å². The topological polar surface area (TPSA) is 155 Å². The van der Waals surface area contributed by atoms with Crippen molar-refractivity contribution in [3.8, 4) is 28.8 Å². The van der Waals surface area contributed by atoms with Gasteiger partial charge in [0, 0.05) is 49.7 Å². The van der Waals surface area contributed by atoms with Crippen molar-refractivity contribution in [3.63, 3.8) is 0 Å². The molecule has 0 saturated heterocycles. The van der Waals surface area contributed by atoms with E-state index in [2.05, 4.69) is 69.4 Å². The molecule has 1 atom stereocenters. The molecular formula is C32H40N8O5Si. The van der Waals surface area contributed by atoms with Gasteiger partial charge in [0.15, 0.2) is 14.1 Å². The molecule has 2 N–H and O–H groups in total. The van der Waals surface area contributed by atoms with Crippen LogP contribution >= 0.6 is 0 Å². The Labute approximate surface area is 268 Å². The minimum absolute atomic E-state index is 0.143. The number of aromatic amines is 1. The van der Waals surface area contributed by atoms with Crippen molar-refractivity contribution < 1.29 is 18.4 Å². The first kappa shape index (κ1) is 32.6. The van der Waals surface area contributed by atoms with Crippen molar-refractivity contribution >= 4 is 14.0 Å². The number of benzene rings is 2. The summed E-state index contributed by atoms with van der Waals surface area (Å²) >= 11 is 0. The second-order valence-electron chi connectivity index (χ2n) is 12.3. The first-order valence-corrected chi connectivity index (χ1v) is 17.9. The molecule has 0 bridgehead atoms. The fraction of sp³-hybridized carbons (Fsp3) is 0.375. The number of aryl methyl sites for hydroxylation is 1. The van der Waals surface area contributed by atoms with Crippen molar-refractivity contribution in [1.82, 2.24) is 34.9 Å². The molecule has 0 radical (unpaired) electrons. The molecule has 0 aliphatic heterocycles. The highest BCUT2D eigenvalue weighted by Gasteiger charge is 2.36. The van der Waals surface area contributed by atoms with Crippen LogP contribution in [0.3, 0.4) is 0 Å². The van der Waals surface area contributed by atoms with Gasteiger partial charge in [-0.05, 0) is 66.2 Å². The van der Waals surface area contributed by atoms with Crippen molar-refractivity contribution in [3.05, 3.63) is 88.7 Å². The maximum atomic E-state index is 13.0. The van der Waals surface area contributed by atoms with Crippen LogP contribution in [-0.2, 0) is 4.43 Å². The van der Waals surface area contributed by atoms with Gasteiger partial charge in [0.1, 0.15) is 17.5 Å². The predicted molar refractivity (Wildman–Crippen MR) is 176 cm³/mol. The highest BCUT2D eigenvalue weighted by Crippen LogP contribution is 2.36. The molecule has 242 valence electrons. The fourth-order valence-electron chi connectivity index (χ4n) is 4.37. The highest BCUT2D eigenvalue weighted by molar-refractivity contribution is 6.74. The minimum atomic E-state index is -1.84. The quantitative estimate of drug-likeness (QED) is 0.120. The van der Waals surface area contributed by atoms with Gasteiger partial charge in [0.05, 0.1) is 13.7 Å². The van der Waals surface area contributed by atoms with E-state index < -0.39 is 20.0 Å². The maximum Gasteiger partial charge on any atom is 0.350 e. The number of aromatic nitrogens is 7. The van der Waals surface area contributed by atoms with Gasteiger partial charge in [-0.2, -0.15) is 4.98 Å². The molecule has 2 aromatic carbocycles. The van der Waals surface area contributed by atoms with Crippen molar-refractivity contribution in [2.24, 2.45) is 0 Å². The number of methoxy groups -OCH3 is 1. The maximum absolute atomic E-state index is 13.0. The minimum Gasteiger partial charge on any atom is -0.497 e. The summed E-state index contributed by atoms with van der Waals surface area (Å²) in [5.74, 6) is 2.69. The van der Waals surface area contributed by atoms with Crippen LogP contribution in [0.25, 0.3) is 17.3 Å². The predicted octanol–water partition coefficient (Wildman–Crippen LogP) is 5.71. The molecule has 14 heteroatoms. The average Bonchev–Trinajstić information content (AvgIpc) is 3.64. The first-order valence-electron chi connectivity index (χ1n) is 15.0. The number of H-pyrrole nitrogens is 1.